The number of hydrogen-bond acceptors (Lipinski definition) is 5. The van der Waals surface area contributed by atoms with Crippen LogP contribution in [0, 0.1) is 0 Å². The standard InChI is InChI=1S/C26H32N4O3/c1-32-24-13-10-21(11-14-24)12-15-26(31)30-17-6-5-7-23(30)16-18-29-19-22(27-28-29)20-33-25-8-3-2-4-9-25/h2-4,8-11,13-14,19,23H,5-7,12,15-18,20H2,1H3. The van der Waals surface area contributed by atoms with Gasteiger partial charge in [-0.25, -0.2) is 0 Å². The van der Waals surface area contributed by atoms with Crippen LogP contribution < -0.4 is 9.47 Å². The maximum Gasteiger partial charge on any atom is 0.223 e. The average Bonchev–Trinajstić information content (AvgIpc) is 3.34. The zero-order valence-corrected chi connectivity index (χ0v) is 19.2. The molecule has 0 aliphatic carbocycles. The molecule has 0 radical (unpaired) electrons. The van der Waals surface area contributed by atoms with Gasteiger partial charge in [-0.15, -0.1) is 5.10 Å². The summed E-state index contributed by atoms with van der Waals surface area (Å²) in [6.07, 6.45) is 7.40. The predicted octanol–water partition coefficient (Wildman–Crippen LogP) is 4.27. The number of para-hydroxylation sites is 1. The molecule has 1 aliphatic heterocycles. The average molecular weight is 449 g/mol. The fourth-order valence-electron chi connectivity index (χ4n) is 4.29. The Balaban J connectivity index is 1.26. The Kier molecular flexibility index (Phi) is 7.95. The number of nitrogens with zero attached hydrogens (tertiary/aromatic N) is 4. The number of benzene rings is 2. The van der Waals surface area contributed by atoms with E-state index >= 15 is 0 Å². The third kappa shape index (κ3) is 6.57. The minimum absolute atomic E-state index is 0.242. The lowest BCUT2D eigenvalue weighted by Gasteiger charge is -2.36. The van der Waals surface area contributed by atoms with Gasteiger partial charge in [0.2, 0.25) is 5.91 Å². The highest BCUT2D eigenvalue weighted by Crippen LogP contribution is 2.22. The topological polar surface area (TPSA) is 69.5 Å². The van der Waals surface area contributed by atoms with Crippen LogP contribution in [-0.2, 0) is 24.4 Å². The number of carbonyl (C=O) groups excluding carboxylic acids is 1. The van der Waals surface area contributed by atoms with Gasteiger partial charge >= 0.3 is 0 Å². The summed E-state index contributed by atoms with van der Waals surface area (Å²) >= 11 is 0. The first kappa shape index (κ1) is 22.8. The normalized spacial score (nSPS) is 15.9. The SMILES string of the molecule is COc1ccc(CCC(=O)N2CCCCC2CCn2cc(COc3ccccc3)nn2)cc1. The van der Waals surface area contributed by atoms with Crippen molar-refractivity contribution >= 4 is 5.91 Å². The molecule has 1 fully saturated rings. The fraction of sp³-hybridized carbons (Fsp3) is 0.423. The summed E-state index contributed by atoms with van der Waals surface area (Å²) < 4.78 is 12.8. The molecule has 1 aliphatic rings. The summed E-state index contributed by atoms with van der Waals surface area (Å²) in [5.41, 5.74) is 1.96. The number of amides is 1. The number of rotatable bonds is 10. The van der Waals surface area contributed by atoms with Crippen LogP contribution in [0.1, 0.15) is 43.4 Å². The molecule has 4 rings (SSSR count). The van der Waals surface area contributed by atoms with E-state index in [9.17, 15) is 4.79 Å². The Hall–Kier alpha value is -3.35. The zero-order chi connectivity index (χ0) is 22.9. The van der Waals surface area contributed by atoms with E-state index in [2.05, 4.69) is 15.2 Å². The minimum Gasteiger partial charge on any atom is -0.497 e. The number of ether oxygens (including phenoxy) is 2. The van der Waals surface area contributed by atoms with Crippen molar-refractivity contribution in [2.24, 2.45) is 0 Å². The molecule has 1 atom stereocenters. The first-order valence-electron chi connectivity index (χ1n) is 11.7. The summed E-state index contributed by atoms with van der Waals surface area (Å²) in [5.74, 6) is 1.90. The van der Waals surface area contributed by atoms with Gasteiger partial charge in [-0.2, -0.15) is 0 Å². The van der Waals surface area contributed by atoms with Crippen molar-refractivity contribution < 1.29 is 14.3 Å². The second kappa shape index (κ2) is 11.5. The molecule has 174 valence electrons. The molecule has 3 aromatic rings. The van der Waals surface area contributed by atoms with Gasteiger partial charge in [0.05, 0.1) is 13.3 Å². The highest BCUT2D eigenvalue weighted by molar-refractivity contribution is 5.77. The molecule has 7 nitrogen and oxygen atoms in total. The zero-order valence-electron chi connectivity index (χ0n) is 19.2. The van der Waals surface area contributed by atoms with E-state index in [-0.39, 0.29) is 11.9 Å². The number of piperidine rings is 1. The van der Waals surface area contributed by atoms with Crippen molar-refractivity contribution in [3.63, 3.8) is 0 Å². The Bertz CT molecular complexity index is 1000. The molecule has 0 bridgehead atoms. The van der Waals surface area contributed by atoms with Gasteiger partial charge in [-0.1, -0.05) is 35.5 Å². The molecule has 2 aromatic carbocycles. The van der Waals surface area contributed by atoms with Gasteiger partial charge in [-0.05, 0) is 61.9 Å². The summed E-state index contributed by atoms with van der Waals surface area (Å²) in [4.78, 5) is 15.1. The first-order chi connectivity index (χ1) is 16.2. The van der Waals surface area contributed by atoms with E-state index in [1.54, 1.807) is 7.11 Å². The lowest BCUT2D eigenvalue weighted by Crippen LogP contribution is -2.44. The Morgan fingerprint density at radius 3 is 2.67 bits per heavy atom. The third-order valence-electron chi connectivity index (χ3n) is 6.14. The van der Waals surface area contributed by atoms with E-state index in [4.69, 9.17) is 9.47 Å². The van der Waals surface area contributed by atoms with Gasteiger partial charge < -0.3 is 14.4 Å². The summed E-state index contributed by atoms with van der Waals surface area (Å²) in [7, 11) is 1.66. The number of carbonyl (C=O) groups is 1. The van der Waals surface area contributed by atoms with E-state index in [1.807, 2.05) is 65.5 Å². The molecule has 33 heavy (non-hydrogen) atoms. The number of aryl methyl sites for hydroxylation is 2. The molecular weight excluding hydrogens is 416 g/mol. The molecule has 0 saturated carbocycles. The van der Waals surface area contributed by atoms with Crippen LogP contribution in [0.2, 0.25) is 0 Å². The summed E-state index contributed by atoms with van der Waals surface area (Å²) in [6, 6.07) is 17.9. The molecule has 0 spiro atoms. The number of aromatic nitrogens is 3. The summed E-state index contributed by atoms with van der Waals surface area (Å²) in [5, 5.41) is 8.47. The maximum atomic E-state index is 13.0. The molecule has 7 heteroatoms. The van der Waals surface area contributed by atoms with Crippen molar-refractivity contribution in [2.45, 2.75) is 57.7 Å². The highest BCUT2D eigenvalue weighted by atomic mass is 16.5. The van der Waals surface area contributed by atoms with Crippen LogP contribution in [0.3, 0.4) is 0 Å². The molecular formula is C26H32N4O3. The van der Waals surface area contributed by atoms with E-state index < -0.39 is 0 Å². The number of hydrogen-bond donors (Lipinski definition) is 0. The number of likely N-dealkylation sites (tertiary alicyclic amines) is 1. The molecule has 1 unspecified atom stereocenters. The second-order valence-corrected chi connectivity index (χ2v) is 8.45. The van der Waals surface area contributed by atoms with E-state index in [0.29, 0.717) is 13.0 Å². The molecule has 2 heterocycles. The van der Waals surface area contributed by atoms with Crippen molar-refractivity contribution in [1.29, 1.82) is 0 Å². The molecule has 1 amide bonds. The van der Waals surface area contributed by atoms with Gasteiger partial charge in [0, 0.05) is 25.6 Å². The highest BCUT2D eigenvalue weighted by Gasteiger charge is 2.26. The number of methoxy groups -OCH3 is 1. The monoisotopic (exact) mass is 448 g/mol. The molecule has 1 aromatic heterocycles. The Morgan fingerprint density at radius 1 is 1.06 bits per heavy atom. The smallest absolute Gasteiger partial charge is 0.223 e. The lowest BCUT2D eigenvalue weighted by atomic mass is 9.98. The minimum atomic E-state index is 0.242. The maximum absolute atomic E-state index is 13.0. The van der Waals surface area contributed by atoms with Crippen LogP contribution in [-0.4, -0.2) is 45.5 Å². The van der Waals surface area contributed by atoms with Crippen molar-refractivity contribution in [2.75, 3.05) is 13.7 Å². The lowest BCUT2D eigenvalue weighted by molar-refractivity contribution is -0.135. The van der Waals surface area contributed by atoms with Gasteiger partial charge in [0.25, 0.3) is 0 Å². The largest absolute Gasteiger partial charge is 0.497 e. The third-order valence-corrected chi connectivity index (χ3v) is 6.14. The molecule has 0 N–H and O–H groups in total. The fourth-order valence-corrected chi connectivity index (χ4v) is 4.29. The van der Waals surface area contributed by atoms with Crippen molar-refractivity contribution in [1.82, 2.24) is 19.9 Å². The Labute approximate surface area is 195 Å². The van der Waals surface area contributed by atoms with Crippen molar-refractivity contribution in [3.05, 3.63) is 72.1 Å². The van der Waals surface area contributed by atoms with Crippen LogP contribution in [0.4, 0.5) is 0 Å². The summed E-state index contributed by atoms with van der Waals surface area (Å²) in [6.45, 7) is 1.98. The van der Waals surface area contributed by atoms with Gasteiger partial charge in [0.15, 0.2) is 0 Å². The quantitative estimate of drug-likeness (QED) is 0.463. The Morgan fingerprint density at radius 2 is 1.88 bits per heavy atom. The van der Waals surface area contributed by atoms with Gasteiger partial charge in [-0.3, -0.25) is 9.48 Å². The van der Waals surface area contributed by atoms with E-state index in [0.717, 1.165) is 61.5 Å². The predicted molar refractivity (Wildman–Crippen MR) is 126 cm³/mol. The molecule has 1 saturated heterocycles. The first-order valence-corrected chi connectivity index (χ1v) is 11.7. The van der Waals surface area contributed by atoms with Crippen LogP contribution in [0.5, 0.6) is 11.5 Å². The van der Waals surface area contributed by atoms with E-state index in [1.165, 1.54) is 6.42 Å². The van der Waals surface area contributed by atoms with Gasteiger partial charge in [0.1, 0.15) is 23.8 Å². The van der Waals surface area contributed by atoms with Crippen LogP contribution in [0.25, 0.3) is 0 Å². The van der Waals surface area contributed by atoms with Crippen LogP contribution >= 0.6 is 0 Å². The van der Waals surface area contributed by atoms with Crippen LogP contribution in [0.15, 0.2) is 60.8 Å². The van der Waals surface area contributed by atoms with Crippen molar-refractivity contribution in [3.8, 4) is 11.5 Å². The second-order valence-electron chi connectivity index (χ2n) is 8.45.